The number of ether oxygens (including phenoxy) is 2. The maximum Gasteiger partial charge on any atom is 0.340 e. The van der Waals surface area contributed by atoms with Crippen molar-refractivity contribution in [1.82, 2.24) is 0 Å². The van der Waals surface area contributed by atoms with Gasteiger partial charge < -0.3 is 23.2 Å². The number of phenols is 2. The van der Waals surface area contributed by atoms with Crippen molar-refractivity contribution in [2.24, 2.45) is 0 Å². The van der Waals surface area contributed by atoms with E-state index >= 15 is 0 Å². The molecule has 0 fully saturated rings. The van der Waals surface area contributed by atoms with Crippen LogP contribution in [0.5, 0.6) is 23.0 Å². The zero-order valence-corrected chi connectivity index (χ0v) is 15.9. The molecule has 0 saturated carbocycles. The number of anilines is 1. The Balaban J connectivity index is 1.87. The number of fused-ring (bicyclic) bond motifs is 6. The Morgan fingerprint density at radius 1 is 0.852 bits per heavy atom. The minimum Gasteiger partial charge on any atom is -0.508 e. The fraction of sp³-hybridized carbons (Fsp3) is 0.0500. The summed E-state index contributed by atoms with van der Waals surface area (Å²) >= 11 is 2.00. The van der Waals surface area contributed by atoms with E-state index in [1.807, 2.05) is 35.0 Å². The Morgan fingerprint density at radius 3 is 2.04 bits per heavy atom. The second kappa shape index (κ2) is 5.53. The van der Waals surface area contributed by atoms with Crippen LogP contribution in [0.4, 0.5) is 5.69 Å². The number of benzene rings is 3. The number of aromatic hydroxyl groups is 2. The maximum absolute atomic E-state index is 12.8. The summed E-state index contributed by atoms with van der Waals surface area (Å²) in [5, 5.41) is 19.8. The van der Waals surface area contributed by atoms with Crippen LogP contribution in [0.15, 0.2) is 54.6 Å². The van der Waals surface area contributed by atoms with Gasteiger partial charge in [-0.1, -0.05) is 6.07 Å². The molecule has 0 atom stereocenters. The first-order chi connectivity index (χ1) is 13.0. The molecule has 2 heterocycles. The molecule has 0 saturated heterocycles. The summed E-state index contributed by atoms with van der Waals surface area (Å²) in [5.74, 6) is 0.344. The lowest BCUT2D eigenvalue weighted by Gasteiger charge is -2.36. The van der Waals surface area contributed by atoms with E-state index in [-0.39, 0.29) is 11.5 Å². The van der Waals surface area contributed by atoms with Gasteiger partial charge in [0, 0.05) is 34.5 Å². The maximum atomic E-state index is 12.8. The third kappa shape index (κ3) is 2.14. The van der Waals surface area contributed by atoms with Crippen LogP contribution in [-0.2, 0) is 10.3 Å². The fourth-order valence-corrected chi connectivity index (χ4v) is 4.10. The van der Waals surface area contributed by atoms with Gasteiger partial charge in [0.1, 0.15) is 23.0 Å². The zero-order chi connectivity index (χ0) is 18.8. The zero-order valence-electron chi connectivity index (χ0n) is 13.7. The van der Waals surface area contributed by atoms with E-state index in [4.69, 9.17) is 9.47 Å². The Kier molecular flexibility index (Phi) is 3.33. The van der Waals surface area contributed by atoms with Crippen molar-refractivity contribution in [1.29, 1.82) is 0 Å². The topological polar surface area (TPSA) is 88.0 Å². The van der Waals surface area contributed by atoms with Gasteiger partial charge in [-0.3, -0.25) is 0 Å². The minimum atomic E-state index is -1.21. The van der Waals surface area contributed by atoms with E-state index in [1.54, 1.807) is 18.2 Å². The smallest absolute Gasteiger partial charge is 0.340 e. The largest absolute Gasteiger partial charge is 0.508 e. The quantitative estimate of drug-likeness (QED) is 0.276. The molecule has 0 amide bonds. The van der Waals surface area contributed by atoms with Gasteiger partial charge in [0.15, 0.2) is 5.60 Å². The predicted octanol–water partition coefficient (Wildman–Crippen LogP) is 4.43. The molecule has 0 aromatic heterocycles. The molecule has 0 bridgehead atoms. The molecule has 1 spiro atoms. The first-order valence-electron chi connectivity index (χ1n) is 8.12. The summed E-state index contributed by atoms with van der Waals surface area (Å²) in [4.78, 5) is 12.8. The molecule has 134 valence electrons. The third-order valence-corrected chi connectivity index (χ3v) is 5.51. The lowest BCUT2D eigenvalue weighted by Crippen LogP contribution is -2.32. The van der Waals surface area contributed by atoms with Gasteiger partial charge in [0.25, 0.3) is 0 Å². The second-order valence-corrected chi connectivity index (χ2v) is 6.93. The Bertz CT molecular complexity index is 1080. The van der Waals surface area contributed by atoms with Gasteiger partial charge >= 0.3 is 5.97 Å². The summed E-state index contributed by atoms with van der Waals surface area (Å²) in [6.07, 6.45) is 0. The summed E-state index contributed by atoms with van der Waals surface area (Å²) in [5.41, 5.74) is 1.94. The molecule has 2 aliphatic heterocycles. The fourth-order valence-electron chi connectivity index (χ4n) is 3.76. The van der Waals surface area contributed by atoms with Gasteiger partial charge in [-0.2, -0.15) is 0 Å². The van der Waals surface area contributed by atoms with Gasteiger partial charge in [-0.25, -0.2) is 4.79 Å². The molecular formula is C20H12INO5. The highest BCUT2D eigenvalue weighted by Gasteiger charge is 2.53. The molecule has 27 heavy (non-hydrogen) atoms. The molecule has 0 radical (unpaired) electrons. The van der Waals surface area contributed by atoms with Crippen LogP contribution in [0, 0.1) is 0 Å². The van der Waals surface area contributed by atoms with Crippen molar-refractivity contribution < 1.29 is 24.5 Å². The molecule has 7 heteroatoms. The summed E-state index contributed by atoms with van der Waals surface area (Å²) < 4.78 is 14.9. The SMILES string of the molecule is O=C1OC2(c3ccc(O)cc3Oc3cc(O)ccc32)c2ccc(NI)cc21. The van der Waals surface area contributed by atoms with Gasteiger partial charge in [0.2, 0.25) is 0 Å². The third-order valence-electron chi connectivity index (χ3n) is 4.88. The highest BCUT2D eigenvalue weighted by molar-refractivity contribution is 14.1. The molecule has 3 N–H and O–H groups in total. The van der Waals surface area contributed by atoms with Gasteiger partial charge in [-0.15, -0.1) is 0 Å². The molecule has 6 nitrogen and oxygen atoms in total. The van der Waals surface area contributed by atoms with Crippen molar-refractivity contribution in [2.45, 2.75) is 5.60 Å². The second-order valence-electron chi connectivity index (χ2n) is 6.39. The molecule has 0 aliphatic carbocycles. The molecule has 5 rings (SSSR count). The van der Waals surface area contributed by atoms with Crippen LogP contribution < -0.4 is 8.27 Å². The van der Waals surface area contributed by atoms with E-state index in [2.05, 4.69) is 3.53 Å². The van der Waals surface area contributed by atoms with E-state index in [0.717, 1.165) is 5.69 Å². The van der Waals surface area contributed by atoms with Crippen LogP contribution in [-0.4, -0.2) is 16.2 Å². The Labute approximate surface area is 167 Å². The molecule has 3 aromatic carbocycles. The van der Waals surface area contributed by atoms with E-state index in [1.165, 1.54) is 24.3 Å². The van der Waals surface area contributed by atoms with Crippen LogP contribution in [0.2, 0.25) is 0 Å². The van der Waals surface area contributed by atoms with Crippen molar-refractivity contribution in [2.75, 3.05) is 3.53 Å². The lowest BCUT2D eigenvalue weighted by molar-refractivity contribution is 0.0224. The molecular weight excluding hydrogens is 461 g/mol. The van der Waals surface area contributed by atoms with Crippen molar-refractivity contribution in [3.63, 3.8) is 0 Å². The van der Waals surface area contributed by atoms with Crippen LogP contribution in [0.3, 0.4) is 0 Å². The van der Waals surface area contributed by atoms with Crippen LogP contribution in [0.1, 0.15) is 27.0 Å². The highest BCUT2D eigenvalue weighted by Crippen LogP contribution is 2.57. The number of hydrogen-bond donors (Lipinski definition) is 3. The Morgan fingerprint density at radius 2 is 1.44 bits per heavy atom. The number of hydrogen-bond acceptors (Lipinski definition) is 6. The number of carbonyl (C=O) groups excluding carboxylic acids is 1. The Hall–Kier alpha value is -2.94. The molecule has 2 aliphatic rings. The number of phenolic OH excluding ortho intramolecular Hbond substituents is 2. The summed E-state index contributed by atoms with van der Waals surface area (Å²) in [7, 11) is 0. The first kappa shape index (κ1) is 16.2. The van der Waals surface area contributed by atoms with Crippen LogP contribution >= 0.6 is 22.9 Å². The number of carbonyl (C=O) groups is 1. The van der Waals surface area contributed by atoms with E-state index < -0.39 is 11.6 Å². The first-order valence-corrected chi connectivity index (χ1v) is 9.20. The molecule has 3 aromatic rings. The summed E-state index contributed by atoms with van der Waals surface area (Å²) in [6.45, 7) is 0. The van der Waals surface area contributed by atoms with Crippen molar-refractivity contribution in [3.05, 3.63) is 76.9 Å². The monoisotopic (exact) mass is 473 g/mol. The number of halogens is 1. The number of nitrogens with one attached hydrogen (secondary N) is 1. The normalized spacial score (nSPS) is 15.4. The lowest BCUT2D eigenvalue weighted by atomic mass is 9.77. The van der Waals surface area contributed by atoms with Gasteiger partial charge in [-0.05, 0) is 36.4 Å². The van der Waals surface area contributed by atoms with E-state index in [9.17, 15) is 15.0 Å². The van der Waals surface area contributed by atoms with Crippen LogP contribution in [0.25, 0.3) is 0 Å². The predicted molar refractivity (Wildman–Crippen MR) is 106 cm³/mol. The van der Waals surface area contributed by atoms with Crippen molar-refractivity contribution >= 4 is 34.5 Å². The average molecular weight is 473 g/mol. The summed E-state index contributed by atoms with van der Waals surface area (Å²) in [6, 6.07) is 14.8. The average Bonchev–Trinajstić information content (AvgIpc) is 2.94. The molecule has 0 unspecified atom stereocenters. The number of esters is 1. The number of rotatable bonds is 1. The van der Waals surface area contributed by atoms with E-state index in [0.29, 0.717) is 33.8 Å². The minimum absolute atomic E-state index is 0.0292. The standard InChI is InChI=1S/C20H12INO5/c21-22-10-1-4-14-13(7-10)19(25)27-20(14)15-5-2-11(23)8-17(15)26-18-9-12(24)3-6-16(18)20/h1-9,22-24H. The highest BCUT2D eigenvalue weighted by atomic mass is 127. The van der Waals surface area contributed by atoms with Crippen molar-refractivity contribution in [3.8, 4) is 23.0 Å². The van der Waals surface area contributed by atoms with Gasteiger partial charge in [0.05, 0.1) is 28.4 Å².